The molecule has 4 heteroatoms. The zero-order chi connectivity index (χ0) is 15.6. The second kappa shape index (κ2) is 8.77. The van der Waals surface area contributed by atoms with Crippen LogP contribution in [0.25, 0.3) is 17.2 Å². The van der Waals surface area contributed by atoms with Gasteiger partial charge in [0.2, 0.25) is 0 Å². The van der Waals surface area contributed by atoms with Gasteiger partial charge in [-0.25, -0.2) is 4.79 Å². The maximum Gasteiger partial charge on any atom is 0.365 e. The number of hydrogen-bond acceptors (Lipinski definition) is 4. The molecule has 0 bridgehead atoms. The molecule has 0 aliphatic carbocycles. The summed E-state index contributed by atoms with van der Waals surface area (Å²) in [6, 6.07) is 18.0. The topological polar surface area (TPSA) is 44.8 Å². The van der Waals surface area contributed by atoms with Gasteiger partial charge in [-0.3, -0.25) is 4.89 Å². The van der Waals surface area contributed by atoms with Crippen molar-refractivity contribution in [2.45, 2.75) is 0 Å². The van der Waals surface area contributed by atoms with Crippen LogP contribution in [0, 0.1) is 0 Å². The highest BCUT2D eigenvalue weighted by Crippen LogP contribution is 2.19. The molecule has 2 aromatic rings. The minimum absolute atomic E-state index is 0.210. The third-order valence-electron chi connectivity index (χ3n) is 2.94. The lowest BCUT2D eigenvalue weighted by Gasteiger charge is -2.02. The lowest BCUT2D eigenvalue weighted by Crippen LogP contribution is -2.06. The summed E-state index contributed by atoms with van der Waals surface area (Å²) in [4.78, 5) is 20.6. The van der Waals surface area contributed by atoms with E-state index in [-0.39, 0.29) is 6.61 Å². The number of rotatable bonds is 7. The zero-order valence-electron chi connectivity index (χ0n) is 12.4. The normalized spacial score (nSPS) is 10.8. The number of benzene rings is 2. The van der Waals surface area contributed by atoms with Crippen LogP contribution in [0.15, 0.2) is 60.7 Å². The van der Waals surface area contributed by atoms with E-state index in [1.807, 2.05) is 42.5 Å². The van der Waals surface area contributed by atoms with Crippen molar-refractivity contribution in [2.75, 3.05) is 20.3 Å². The summed E-state index contributed by atoms with van der Waals surface area (Å²) >= 11 is 0. The molecule has 0 N–H and O–H groups in total. The first kappa shape index (κ1) is 15.9. The second-order valence-electron chi connectivity index (χ2n) is 4.54. The summed E-state index contributed by atoms with van der Waals surface area (Å²) in [5, 5.41) is 0. The number of carbonyl (C=O) groups excluding carboxylic acids is 1. The van der Waals surface area contributed by atoms with Crippen LogP contribution >= 0.6 is 0 Å². The molecule has 0 aliphatic heterocycles. The molecular formula is C18H18O4. The molecule has 22 heavy (non-hydrogen) atoms. The molecule has 2 aromatic carbocycles. The fraction of sp³-hybridized carbons (Fsp3) is 0.167. The highest BCUT2D eigenvalue weighted by Gasteiger charge is 1.99. The average molecular weight is 298 g/mol. The Labute approximate surface area is 129 Å². The van der Waals surface area contributed by atoms with Gasteiger partial charge < -0.3 is 4.74 Å². The van der Waals surface area contributed by atoms with Crippen molar-refractivity contribution in [3.8, 4) is 11.1 Å². The molecule has 4 nitrogen and oxygen atoms in total. The predicted molar refractivity (Wildman–Crippen MR) is 84.8 cm³/mol. The van der Waals surface area contributed by atoms with Gasteiger partial charge >= 0.3 is 5.97 Å². The van der Waals surface area contributed by atoms with Gasteiger partial charge in [0.1, 0.15) is 6.61 Å². The van der Waals surface area contributed by atoms with Crippen LogP contribution < -0.4 is 0 Å². The van der Waals surface area contributed by atoms with Crippen molar-refractivity contribution in [3.05, 3.63) is 66.2 Å². The van der Waals surface area contributed by atoms with E-state index < -0.39 is 5.97 Å². The van der Waals surface area contributed by atoms with E-state index in [0.29, 0.717) is 6.61 Å². The van der Waals surface area contributed by atoms with Crippen molar-refractivity contribution in [2.24, 2.45) is 0 Å². The fourth-order valence-corrected chi connectivity index (χ4v) is 1.83. The van der Waals surface area contributed by atoms with Crippen LogP contribution in [-0.2, 0) is 19.3 Å². The Balaban J connectivity index is 1.88. The molecule has 114 valence electrons. The monoisotopic (exact) mass is 298 g/mol. The Hall–Kier alpha value is -2.43. The molecule has 0 amide bonds. The molecule has 0 aliphatic rings. The largest absolute Gasteiger partial charge is 0.382 e. The molecule has 0 aromatic heterocycles. The summed E-state index contributed by atoms with van der Waals surface area (Å²) < 4.78 is 4.77. The first-order valence-electron chi connectivity index (χ1n) is 6.95. The van der Waals surface area contributed by atoms with E-state index in [2.05, 4.69) is 21.9 Å². The Morgan fingerprint density at radius 3 is 2.32 bits per heavy atom. The third kappa shape index (κ3) is 5.16. The molecule has 0 radical (unpaired) electrons. The summed E-state index contributed by atoms with van der Waals surface area (Å²) in [5.41, 5.74) is 3.20. The number of carbonyl (C=O) groups is 1. The minimum atomic E-state index is -0.553. The first-order valence-corrected chi connectivity index (χ1v) is 6.95. The Kier molecular flexibility index (Phi) is 6.36. The smallest absolute Gasteiger partial charge is 0.365 e. The van der Waals surface area contributed by atoms with Gasteiger partial charge in [-0.15, -0.1) is 0 Å². The molecule has 0 fully saturated rings. The molecule has 0 heterocycles. The molecule has 0 saturated carbocycles. The average Bonchev–Trinajstić information content (AvgIpc) is 2.58. The zero-order valence-corrected chi connectivity index (χ0v) is 12.4. The molecule has 0 spiro atoms. The van der Waals surface area contributed by atoms with E-state index in [4.69, 9.17) is 4.74 Å². The Morgan fingerprint density at radius 2 is 1.64 bits per heavy atom. The maximum atomic E-state index is 11.4. The second-order valence-corrected chi connectivity index (χ2v) is 4.54. The SMILES string of the molecule is COCCOOC(=O)/C=C/c1ccc(-c2ccccc2)cc1. The molecule has 2 rings (SSSR count). The van der Waals surface area contributed by atoms with Gasteiger partial charge in [0.05, 0.1) is 6.61 Å². The summed E-state index contributed by atoms with van der Waals surface area (Å²) in [6.45, 7) is 0.583. The van der Waals surface area contributed by atoms with Crippen molar-refractivity contribution >= 4 is 12.0 Å². The third-order valence-corrected chi connectivity index (χ3v) is 2.94. The highest BCUT2D eigenvalue weighted by atomic mass is 17.2. The number of hydrogen-bond donors (Lipinski definition) is 0. The van der Waals surface area contributed by atoms with Crippen molar-refractivity contribution < 1.29 is 19.3 Å². The van der Waals surface area contributed by atoms with E-state index in [1.54, 1.807) is 13.2 Å². The van der Waals surface area contributed by atoms with Crippen LogP contribution in [0.2, 0.25) is 0 Å². The van der Waals surface area contributed by atoms with Crippen LogP contribution in [0.5, 0.6) is 0 Å². The van der Waals surface area contributed by atoms with Crippen LogP contribution in [0.1, 0.15) is 5.56 Å². The summed E-state index contributed by atoms with van der Waals surface area (Å²) in [6.07, 6.45) is 3.00. The van der Waals surface area contributed by atoms with Crippen molar-refractivity contribution in [1.82, 2.24) is 0 Å². The quantitative estimate of drug-likeness (QED) is 0.340. The molecule has 0 unspecified atom stereocenters. The summed E-state index contributed by atoms with van der Waals surface area (Å²) in [7, 11) is 1.55. The Bertz CT molecular complexity index is 603. The highest BCUT2D eigenvalue weighted by molar-refractivity contribution is 5.86. The van der Waals surface area contributed by atoms with E-state index in [1.165, 1.54) is 6.08 Å². The van der Waals surface area contributed by atoms with Crippen molar-refractivity contribution in [3.63, 3.8) is 0 Å². The number of ether oxygens (including phenoxy) is 1. The van der Waals surface area contributed by atoms with Gasteiger partial charge in [0.25, 0.3) is 0 Å². The van der Waals surface area contributed by atoms with Crippen LogP contribution in [0.4, 0.5) is 0 Å². The van der Waals surface area contributed by atoms with E-state index in [0.717, 1.165) is 16.7 Å². The van der Waals surface area contributed by atoms with E-state index in [9.17, 15) is 4.79 Å². The Morgan fingerprint density at radius 1 is 0.955 bits per heavy atom. The molecule has 0 saturated heterocycles. The predicted octanol–water partition coefficient (Wildman–Crippen LogP) is 3.49. The van der Waals surface area contributed by atoms with Crippen LogP contribution in [-0.4, -0.2) is 26.3 Å². The van der Waals surface area contributed by atoms with Gasteiger partial charge in [-0.2, -0.15) is 4.89 Å². The van der Waals surface area contributed by atoms with Crippen molar-refractivity contribution in [1.29, 1.82) is 0 Å². The minimum Gasteiger partial charge on any atom is -0.382 e. The summed E-state index contributed by atoms with van der Waals surface area (Å²) in [5.74, 6) is -0.553. The van der Waals surface area contributed by atoms with E-state index >= 15 is 0 Å². The maximum absolute atomic E-state index is 11.4. The van der Waals surface area contributed by atoms with Gasteiger partial charge in [-0.1, -0.05) is 54.6 Å². The molecular weight excluding hydrogens is 280 g/mol. The van der Waals surface area contributed by atoms with Crippen LogP contribution in [0.3, 0.4) is 0 Å². The standard InChI is InChI=1S/C18H18O4/c1-20-13-14-21-22-18(19)12-9-15-7-10-17(11-8-15)16-5-3-2-4-6-16/h2-12H,13-14H2,1H3/b12-9+. The fourth-order valence-electron chi connectivity index (χ4n) is 1.83. The van der Waals surface area contributed by atoms with Gasteiger partial charge in [0, 0.05) is 13.2 Å². The van der Waals surface area contributed by atoms with Gasteiger partial charge in [-0.05, 0) is 22.8 Å². The first-order chi connectivity index (χ1) is 10.8. The number of methoxy groups -OCH3 is 1. The van der Waals surface area contributed by atoms with Gasteiger partial charge in [0.15, 0.2) is 0 Å². The lowest BCUT2D eigenvalue weighted by atomic mass is 10.0. The molecule has 0 atom stereocenters. The lowest BCUT2D eigenvalue weighted by molar-refractivity contribution is -0.270.